The third kappa shape index (κ3) is 7.17. The fourth-order valence-corrected chi connectivity index (χ4v) is 4.26. The van der Waals surface area contributed by atoms with Gasteiger partial charge in [-0.3, -0.25) is 13.9 Å². The molecule has 2 amide bonds. The fourth-order valence-electron chi connectivity index (χ4n) is 3.11. The molecular formula is C23H29ClFN3O4S. The first-order chi connectivity index (χ1) is 15.5. The van der Waals surface area contributed by atoms with Gasteiger partial charge in [-0.25, -0.2) is 12.8 Å². The molecule has 0 aliphatic carbocycles. The molecule has 2 atom stereocenters. The lowest BCUT2D eigenvalue weighted by atomic mass is 10.1. The van der Waals surface area contributed by atoms with Gasteiger partial charge in [-0.1, -0.05) is 48.9 Å². The lowest BCUT2D eigenvalue weighted by Gasteiger charge is -2.32. The van der Waals surface area contributed by atoms with Crippen LogP contribution in [0.2, 0.25) is 5.02 Å². The molecule has 0 bridgehead atoms. The van der Waals surface area contributed by atoms with E-state index in [9.17, 15) is 22.4 Å². The van der Waals surface area contributed by atoms with Crippen molar-refractivity contribution < 1.29 is 22.4 Å². The van der Waals surface area contributed by atoms with E-state index in [0.29, 0.717) is 6.42 Å². The average molecular weight is 498 g/mol. The molecule has 2 rings (SSSR count). The Morgan fingerprint density at radius 2 is 1.70 bits per heavy atom. The maximum atomic E-state index is 14.3. The molecule has 0 unspecified atom stereocenters. The smallest absolute Gasteiger partial charge is 0.244 e. The molecule has 180 valence electrons. The van der Waals surface area contributed by atoms with Crippen molar-refractivity contribution in [1.29, 1.82) is 0 Å². The fraction of sp³-hybridized carbons (Fsp3) is 0.391. The molecule has 33 heavy (non-hydrogen) atoms. The number of benzene rings is 2. The molecule has 0 aromatic heterocycles. The first-order valence-electron chi connectivity index (χ1n) is 10.5. The van der Waals surface area contributed by atoms with Crippen LogP contribution in [0.3, 0.4) is 0 Å². The quantitative estimate of drug-likeness (QED) is 0.543. The number of sulfonamides is 1. The Bertz CT molecular complexity index is 1100. The number of hydrogen-bond acceptors (Lipinski definition) is 4. The van der Waals surface area contributed by atoms with Crippen LogP contribution in [0.25, 0.3) is 0 Å². The Balaban J connectivity index is 2.41. The third-order valence-corrected chi connectivity index (χ3v) is 6.71. The van der Waals surface area contributed by atoms with Gasteiger partial charge in [-0.05, 0) is 38.5 Å². The predicted molar refractivity (Wildman–Crippen MR) is 128 cm³/mol. The molecule has 0 saturated carbocycles. The summed E-state index contributed by atoms with van der Waals surface area (Å²) >= 11 is 6.18. The lowest BCUT2D eigenvalue weighted by Crippen LogP contribution is -2.52. The summed E-state index contributed by atoms with van der Waals surface area (Å²) < 4.78 is 40.2. The number of nitrogens with zero attached hydrogens (tertiary/aromatic N) is 2. The van der Waals surface area contributed by atoms with Gasteiger partial charge in [-0.15, -0.1) is 0 Å². The van der Waals surface area contributed by atoms with E-state index in [4.69, 9.17) is 11.6 Å². The van der Waals surface area contributed by atoms with E-state index in [1.54, 1.807) is 18.2 Å². The van der Waals surface area contributed by atoms with Crippen LogP contribution >= 0.6 is 11.6 Å². The highest BCUT2D eigenvalue weighted by molar-refractivity contribution is 7.92. The van der Waals surface area contributed by atoms with E-state index in [-0.39, 0.29) is 28.9 Å². The number of halogens is 2. The molecule has 2 aromatic rings. The van der Waals surface area contributed by atoms with Crippen LogP contribution in [0.15, 0.2) is 48.5 Å². The van der Waals surface area contributed by atoms with Crippen molar-refractivity contribution in [3.63, 3.8) is 0 Å². The molecule has 0 radical (unpaired) electrons. The van der Waals surface area contributed by atoms with Crippen LogP contribution < -0.4 is 9.62 Å². The first-order valence-corrected chi connectivity index (χ1v) is 12.7. The van der Waals surface area contributed by atoms with Gasteiger partial charge in [-0.2, -0.15) is 0 Å². The van der Waals surface area contributed by atoms with Gasteiger partial charge in [0, 0.05) is 18.2 Å². The molecular weight excluding hydrogens is 469 g/mol. The summed E-state index contributed by atoms with van der Waals surface area (Å²) in [4.78, 5) is 27.3. The van der Waals surface area contributed by atoms with Crippen molar-refractivity contribution in [2.75, 3.05) is 17.1 Å². The molecule has 0 saturated heterocycles. The van der Waals surface area contributed by atoms with Gasteiger partial charge < -0.3 is 10.2 Å². The van der Waals surface area contributed by atoms with Gasteiger partial charge in [0.2, 0.25) is 21.8 Å². The Morgan fingerprint density at radius 3 is 2.27 bits per heavy atom. The minimum Gasteiger partial charge on any atom is -0.352 e. The van der Waals surface area contributed by atoms with Gasteiger partial charge >= 0.3 is 0 Å². The van der Waals surface area contributed by atoms with Crippen LogP contribution in [0, 0.1) is 5.82 Å². The maximum absolute atomic E-state index is 14.3. The highest BCUT2D eigenvalue weighted by atomic mass is 35.5. The topological polar surface area (TPSA) is 86.8 Å². The van der Waals surface area contributed by atoms with Crippen molar-refractivity contribution in [3.05, 3.63) is 64.9 Å². The van der Waals surface area contributed by atoms with Crippen molar-refractivity contribution in [3.8, 4) is 0 Å². The standard InChI is InChI=1S/C23H29ClFN3O4S/c1-5-16(2)26-23(30)17(3)27(14-18-10-6-8-12-20(18)25)22(29)15-28(33(4,31)32)21-13-9-7-11-19(21)24/h6-13,16-17H,5,14-15H2,1-4H3,(H,26,30)/t16-,17-/m0/s1. The molecule has 10 heteroatoms. The molecule has 0 spiro atoms. The van der Waals surface area contributed by atoms with Crippen molar-refractivity contribution in [2.45, 2.75) is 45.8 Å². The number of rotatable bonds is 10. The van der Waals surface area contributed by atoms with Crippen LogP contribution in [-0.2, 0) is 26.2 Å². The Hall–Kier alpha value is -2.65. The lowest BCUT2D eigenvalue weighted by molar-refractivity contribution is -0.139. The normalized spacial score (nSPS) is 13.2. The van der Waals surface area contributed by atoms with Crippen molar-refractivity contribution in [1.82, 2.24) is 10.2 Å². The van der Waals surface area contributed by atoms with Crippen LogP contribution in [0.1, 0.15) is 32.8 Å². The Kier molecular flexibility index (Phi) is 9.25. The number of hydrogen-bond donors (Lipinski definition) is 1. The SMILES string of the molecule is CC[C@H](C)NC(=O)[C@H](C)N(Cc1ccccc1F)C(=O)CN(c1ccccc1Cl)S(C)(=O)=O. The Labute approximate surface area is 199 Å². The number of nitrogens with one attached hydrogen (secondary N) is 1. The minimum absolute atomic E-state index is 0.124. The first kappa shape index (κ1) is 26.6. The second-order valence-electron chi connectivity index (χ2n) is 7.83. The van der Waals surface area contributed by atoms with Crippen molar-refractivity contribution >= 4 is 39.1 Å². The zero-order chi connectivity index (χ0) is 24.8. The average Bonchev–Trinajstić information content (AvgIpc) is 2.76. The van der Waals surface area contributed by atoms with Gasteiger partial charge in [0.05, 0.1) is 17.0 Å². The summed E-state index contributed by atoms with van der Waals surface area (Å²) in [7, 11) is -3.89. The Morgan fingerprint density at radius 1 is 1.09 bits per heavy atom. The summed E-state index contributed by atoms with van der Waals surface area (Å²) in [5.41, 5.74) is 0.343. The molecule has 2 aromatic carbocycles. The summed E-state index contributed by atoms with van der Waals surface area (Å²) in [5, 5.41) is 2.96. The molecule has 0 fully saturated rings. The molecule has 0 aliphatic heterocycles. The van der Waals surface area contributed by atoms with Gasteiger partial charge in [0.1, 0.15) is 18.4 Å². The summed E-state index contributed by atoms with van der Waals surface area (Å²) in [5.74, 6) is -1.62. The highest BCUT2D eigenvalue weighted by Crippen LogP contribution is 2.27. The summed E-state index contributed by atoms with van der Waals surface area (Å²) in [6.07, 6.45) is 1.65. The minimum atomic E-state index is -3.89. The third-order valence-electron chi connectivity index (χ3n) is 5.27. The second kappa shape index (κ2) is 11.5. The number of amides is 2. The second-order valence-corrected chi connectivity index (χ2v) is 10.1. The van der Waals surface area contributed by atoms with E-state index in [1.165, 1.54) is 42.2 Å². The molecule has 0 aliphatic rings. The highest BCUT2D eigenvalue weighted by Gasteiger charge is 2.31. The molecule has 0 heterocycles. The van der Waals surface area contributed by atoms with E-state index < -0.39 is 40.2 Å². The van der Waals surface area contributed by atoms with E-state index in [0.717, 1.165) is 10.6 Å². The number of anilines is 1. The summed E-state index contributed by atoms with van der Waals surface area (Å²) in [6, 6.07) is 11.1. The molecule has 1 N–H and O–H groups in total. The van der Waals surface area contributed by atoms with Crippen LogP contribution in [-0.4, -0.2) is 50.0 Å². The number of carbonyl (C=O) groups is 2. The van der Waals surface area contributed by atoms with Gasteiger partial charge in [0.25, 0.3) is 0 Å². The largest absolute Gasteiger partial charge is 0.352 e. The van der Waals surface area contributed by atoms with Crippen LogP contribution in [0.4, 0.5) is 10.1 Å². The van der Waals surface area contributed by atoms with Gasteiger partial charge in [0.15, 0.2) is 0 Å². The predicted octanol–water partition coefficient (Wildman–Crippen LogP) is 3.58. The van der Waals surface area contributed by atoms with E-state index in [1.807, 2.05) is 13.8 Å². The maximum Gasteiger partial charge on any atom is 0.244 e. The van der Waals surface area contributed by atoms with E-state index in [2.05, 4.69) is 5.32 Å². The van der Waals surface area contributed by atoms with E-state index >= 15 is 0 Å². The zero-order valence-corrected chi connectivity index (χ0v) is 20.7. The van der Waals surface area contributed by atoms with Crippen molar-refractivity contribution in [2.24, 2.45) is 0 Å². The summed E-state index contributed by atoms with van der Waals surface area (Å²) in [6.45, 7) is 4.46. The zero-order valence-electron chi connectivity index (χ0n) is 19.1. The molecule has 7 nitrogen and oxygen atoms in total. The van der Waals surface area contributed by atoms with Crippen LogP contribution in [0.5, 0.6) is 0 Å². The number of para-hydroxylation sites is 1. The monoisotopic (exact) mass is 497 g/mol. The number of carbonyl (C=O) groups excluding carboxylic acids is 2.